The fourth-order valence-electron chi connectivity index (χ4n) is 3.27. The summed E-state index contributed by atoms with van der Waals surface area (Å²) >= 11 is 2.63. The summed E-state index contributed by atoms with van der Waals surface area (Å²) in [6.45, 7) is 10.9. The molecule has 2 aromatic heterocycles. The van der Waals surface area contributed by atoms with E-state index in [0.29, 0.717) is 28.1 Å². The number of ether oxygens (including phenoxy) is 2. The van der Waals surface area contributed by atoms with Gasteiger partial charge in [-0.05, 0) is 63.9 Å². The molecule has 0 spiro atoms. The number of aromatic nitrogens is 3. The second kappa shape index (κ2) is 11.3. The van der Waals surface area contributed by atoms with Crippen LogP contribution in [0.2, 0.25) is 0 Å². The summed E-state index contributed by atoms with van der Waals surface area (Å²) in [6.07, 6.45) is 0. The third kappa shape index (κ3) is 6.58. The molecule has 0 bridgehead atoms. The Labute approximate surface area is 201 Å². The van der Waals surface area contributed by atoms with Crippen LogP contribution in [-0.4, -0.2) is 39.0 Å². The number of rotatable bonds is 10. The van der Waals surface area contributed by atoms with Gasteiger partial charge in [-0.15, -0.1) is 21.5 Å². The minimum atomic E-state index is -0.441. The van der Waals surface area contributed by atoms with E-state index < -0.39 is 5.97 Å². The first kappa shape index (κ1) is 24.8. The summed E-state index contributed by atoms with van der Waals surface area (Å²) < 4.78 is 12.9. The van der Waals surface area contributed by atoms with Crippen molar-refractivity contribution in [3.05, 3.63) is 51.7 Å². The number of carbonyl (C=O) groups is 2. The number of thioether (sulfide) groups is 1. The molecule has 176 valence electrons. The van der Waals surface area contributed by atoms with Gasteiger partial charge in [-0.1, -0.05) is 17.8 Å². The van der Waals surface area contributed by atoms with Gasteiger partial charge in [0.1, 0.15) is 17.4 Å². The summed E-state index contributed by atoms with van der Waals surface area (Å²) in [5, 5.41) is 12.4. The smallest absolute Gasteiger partial charge is 0.341 e. The number of esters is 1. The molecule has 3 aromatic rings. The topological polar surface area (TPSA) is 95.3 Å². The number of benzene rings is 1. The van der Waals surface area contributed by atoms with Gasteiger partial charge in [0, 0.05) is 11.4 Å². The van der Waals surface area contributed by atoms with Crippen LogP contribution in [0, 0.1) is 20.8 Å². The third-order valence-corrected chi connectivity index (χ3v) is 6.54. The predicted molar refractivity (Wildman–Crippen MR) is 130 cm³/mol. The summed E-state index contributed by atoms with van der Waals surface area (Å²) in [6, 6.07) is 7.78. The van der Waals surface area contributed by atoms with E-state index in [1.54, 1.807) is 13.0 Å². The highest BCUT2D eigenvalue weighted by molar-refractivity contribution is 7.99. The normalized spacial score (nSPS) is 10.8. The first-order chi connectivity index (χ1) is 15.8. The fourth-order valence-corrected chi connectivity index (χ4v) is 5.01. The van der Waals surface area contributed by atoms with Gasteiger partial charge in [-0.2, -0.15) is 0 Å². The molecular weight excluding hydrogens is 460 g/mol. The minimum absolute atomic E-state index is 0.134. The molecule has 0 aliphatic heterocycles. The van der Waals surface area contributed by atoms with Crippen molar-refractivity contribution >= 4 is 40.0 Å². The highest BCUT2D eigenvalue weighted by Crippen LogP contribution is 2.29. The largest absolute Gasteiger partial charge is 0.486 e. The molecule has 33 heavy (non-hydrogen) atoms. The molecule has 0 saturated heterocycles. The number of amides is 1. The van der Waals surface area contributed by atoms with Crippen LogP contribution < -0.4 is 10.1 Å². The zero-order chi connectivity index (χ0) is 24.0. The van der Waals surface area contributed by atoms with Gasteiger partial charge in [-0.25, -0.2) is 4.79 Å². The van der Waals surface area contributed by atoms with Crippen molar-refractivity contribution < 1.29 is 19.1 Å². The second-order valence-corrected chi connectivity index (χ2v) is 9.61. The molecule has 3 rings (SSSR count). The molecule has 0 aliphatic carbocycles. The second-order valence-electron chi connectivity index (χ2n) is 7.41. The van der Waals surface area contributed by atoms with Crippen LogP contribution in [-0.2, 0) is 22.7 Å². The first-order valence-electron chi connectivity index (χ1n) is 10.6. The summed E-state index contributed by atoms with van der Waals surface area (Å²) in [5.74, 6) is 0.943. The van der Waals surface area contributed by atoms with Crippen LogP contribution in [0.5, 0.6) is 5.75 Å². The van der Waals surface area contributed by atoms with Crippen molar-refractivity contribution in [2.24, 2.45) is 0 Å². The molecule has 10 heteroatoms. The number of nitrogens with one attached hydrogen (secondary N) is 1. The number of hydrogen-bond acceptors (Lipinski definition) is 8. The molecule has 2 heterocycles. The van der Waals surface area contributed by atoms with Crippen LogP contribution in [0.3, 0.4) is 0 Å². The molecule has 0 fully saturated rings. The lowest BCUT2D eigenvalue weighted by atomic mass is 10.1. The number of nitrogens with zero attached hydrogens (tertiary/aromatic N) is 3. The molecule has 0 atom stereocenters. The third-order valence-electron chi connectivity index (χ3n) is 4.61. The average molecular weight is 489 g/mol. The van der Waals surface area contributed by atoms with Crippen LogP contribution in [0.15, 0.2) is 29.4 Å². The Morgan fingerprint density at radius 3 is 2.48 bits per heavy atom. The van der Waals surface area contributed by atoms with Crippen molar-refractivity contribution in [3.63, 3.8) is 0 Å². The van der Waals surface area contributed by atoms with E-state index in [9.17, 15) is 9.59 Å². The molecule has 0 aliphatic rings. The number of aryl methyl sites for hydroxylation is 3. The van der Waals surface area contributed by atoms with Crippen molar-refractivity contribution in [3.8, 4) is 5.75 Å². The van der Waals surface area contributed by atoms with Gasteiger partial charge in [0.15, 0.2) is 11.0 Å². The summed E-state index contributed by atoms with van der Waals surface area (Å²) in [4.78, 5) is 25.6. The zero-order valence-corrected chi connectivity index (χ0v) is 21.1. The SMILES string of the molecule is CCOC(=O)c1cc(C)sc1NC(=O)CSc1nnc(COc2cc(C)cc(C)c2)n1CC. The maximum Gasteiger partial charge on any atom is 0.341 e. The van der Waals surface area contributed by atoms with Gasteiger partial charge >= 0.3 is 5.97 Å². The average Bonchev–Trinajstić information content (AvgIpc) is 3.32. The molecule has 8 nitrogen and oxygen atoms in total. The summed E-state index contributed by atoms with van der Waals surface area (Å²) in [5.41, 5.74) is 2.65. The van der Waals surface area contributed by atoms with Gasteiger partial charge in [0.2, 0.25) is 5.91 Å². The Balaban J connectivity index is 1.61. The van der Waals surface area contributed by atoms with Gasteiger partial charge in [0.25, 0.3) is 0 Å². The fraction of sp³-hybridized carbons (Fsp3) is 0.391. The Hall–Kier alpha value is -2.85. The van der Waals surface area contributed by atoms with Crippen LogP contribution in [0.25, 0.3) is 0 Å². The monoisotopic (exact) mass is 488 g/mol. The van der Waals surface area contributed by atoms with E-state index in [0.717, 1.165) is 21.8 Å². The Kier molecular flexibility index (Phi) is 8.51. The molecule has 1 aromatic carbocycles. The maximum atomic E-state index is 12.5. The lowest BCUT2D eigenvalue weighted by Crippen LogP contribution is -2.16. The first-order valence-corrected chi connectivity index (χ1v) is 12.4. The maximum absolute atomic E-state index is 12.5. The van der Waals surface area contributed by atoms with E-state index in [2.05, 4.69) is 21.6 Å². The minimum Gasteiger partial charge on any atom is -0.486 e. The van der Waals surface area contributed by atoms with E-state index >= 15 is 0 Å². The number of carbonyl (C=O) groups excluding carboxylic acids is 2. The quantitative estimate of drug-likeness (QED) is 0.324. The van der Waals surface area contributed by atoms with E-state index in [4.69, 9.17) is 9.47 Å². The molecule has 0 saturated carbocycles. The van der Waals surface area contributed by atoms with E-state index in [1.807, 2.05) is 44.4 Å². The lowest BCUT2D eigenvalue weighted by Gasteiger charge is -2.10. The van der Waals surface area contributed by atoms with E-state index in [1.165, 1.54) is 23.1 Å². The molecule has 0 radical (unpaired) electrons. The molecule has 1 N–H and O–H groups in total. The standard InChI is InChI=1S/C23H28N4O4S2/c1-6-27-19(12-31-17-9-14(3)8-15(4)10-17)25-26-23(27)32-13-20(28)24-21-18(11-16(5)33-21)22(29)30-7-2/h8-11H,6-7,12-13H2,1-5H3,(H,24,28). The Bertz CT molecular complexity index is 1120. The summed E-state index contributed by atoms with van der Waals surface area (Å²) in [7, 11) is 0. The van der Waals surface area contributed by atoms with Crippen LogP contribution in [0.1, 0.15) is 46.0 Å². The van der Waals surface area contributed by atoms with Gasteiger partial charge in [0.05, 0.1) is 17.9 Å². The van der Waals surface area contributed by atoms with Gasteiger partial charge < -0.3 is 19.4 Å². The molecule has 1 amide bonds. The number of thiophene rings is 1. The van der Waals surface area contributed by atoms with Crippen molar-refractivity contribution in [2.45, 2.75) is 52.9 Å². The number of hydrogen-bond donors (Lipinski definition) is 1. The van der Waals surface area contributed by atoms with Crippen LogP contribution >= 0.6 is 23.1 Å². The Morgan fingerprint density at radius 1 is 1.09 bits per heavy atom. The number of anilines is 1. The van der Waals surface area contributed by atoms with Crippen molar-refractivity contribution in [1.82, 2.24) is 14.8 Å². The van der Waals surface area contributed by atoms with E-state index in [-0.39, 0.29) is 24.9 Å². The lowest BCUT2D eigenvalue weighted by molar-refractivity contribution is -0.113. The van der Waals surface area contributed by atoms with Gasteiger partial charge in [-0.3, -0.25) is 4.79 Å². The molecular formula is C23H28N4O4S2. The van der Waals surface area contributed by atoms with Crippen molar-refractivity contribution in [2.75, 3.05) is 17.7 Å². The Morgan fingerprint density at radius 2 is 1.82 bits per heavy atom. The zero-order valence-electron chi connectivity index (χ0n) is 19.4. The van der Waals surface area contributed by atoms with Crippen LogP contribution in [0.4, 0.5) is 5.00 Å². The highest BCUT2D eigenvalue weighted by atomic mass is 32.2. The highest BCUT2D eigenvalue weighted by Gasteiger charge is 2.19. The van der Waals surface area contributed by atoms with Crippen molar-refractivity contribution in [1.29, 1.82) is 0 Å². The predicted octanol–water partition coefficient (Wildman–Crippen LogP) is 4.77. The molecule has 0 unspecified atom stereocenters.